The van der Waals surface area contributed by atoms with Crippen molar-refractivity contribution < 1.29 is 9.47 Å². The molecule has 0 aliphatic carbocycles. The van der Waals surface area contributed by atoms with Gasteiger partial charge in [0, 0.05) is 18.9 Å². The minimum absolute atomic E-state index is 0.148. The van der Waals surface area contributed by atoms with Crippen LogP contribution in [0.15, 0.2) is 0 Å². The molecule has 1 rings (SSSR count). The van der Waals surface area contributed by atoms with E-state index in [4.69, 9.17) is 15.2 Å². The van der Waals surface area contributed by atoms with Crippen molar-refractivity contribution in [2.45, 2.75) is 51.4 Å². The SMILES string of the molecule is CCCCC1(CC(C)N)OCCO1. The lowest BCUT2D eigenvalue weighted by Crippen LogP contribution is -2.36. The zero-order valence-electron chi connectivity index (χ0n) is 8.71. The Morgan fingerprint density at radius 2 is 2.00 bits per heavy atom. The van der Waals surface area contributed by atoms with Gasteiger partial charge in [-0.15, -0.1) is 0 Å². The predicted molar refractivity (Wildman–Crippen MR) is 52.4 cm³/mol. The number of unbranched alkanes of at least 4 members (excludes halogenated alkanes) is 1. The van der Waals surface area contributed by atoms with E-state index in [1.807, 2.05) is 6.92 Å². The lowest BCUT2D eigenvalue weighted by Gasteiger charge is -2.28. The molecule has 1 saturated heterocycles. The van der Waals surface area contributed by atoms with Gasteiger partial charge in [0.25, 0.3) is 0 Å². The molecule has 1 fully saturated rings. The van der Waals surface area contributed by atoms with Gasteiger partial charge < -0.3 is 15.2 Å². The van der Waals surface area contributed by atoms with Gasteiger partial charge in [-0.3, -0.25) is 0 Å². The zero-order chi connectivity index (χ0) is 9.73. The van der Waals surface area contributed by atoms with Crippen LogP contribution in [-0.4, -0.2) is 25.0 Å². The second kappa shape index (κ2) is 4.94. The summed E-state index contributed by atoms with van der Waals surface area (Å²) < 4.78 is 11.3. The number of hydrogen-bond acceptors (Lipinski definition) is 3. The summed E-state index contributed by atoms with van der Waals surface area (Å²) in [5.41, 5.74) is 5.77. The highest BCUT2D eigenvalue weighted by Crippen LogP contribution is 2.29. The predicted octanol–water partition coefficient (Wildman–Crippen LogP) is 1.66. The fourth-order valence-corrected chi connectivity index (χ4v) is 1.80. The number of rotatable bonds is 5. The maximum Gasteiger partial charge on any atom is 0.169 e. The molecule has 0 saturated carbocycles. The highest BCUT2D eigenvalue weighted by atomic mass is 16.7. The Kier molecular flexibility index (Phi) is 4.16. The van der Waals surface area contributed by atoms with Crippen LogP contribution in [-0.2, 0) is 9.47 Å². The number of hydrogen-bond donors (Lipinski definition) is 1. The Balaban J connectivity index is 2.42. The molecule has 0 bridgehead atoms. The molecule has 1 atom stereocenters. The largest absolute Gasteiger partial charge is 0.347 e. The van der Waals surface area contributed by atoms with E-state index in [0.29, 0.717) is 0 Å². The van der Waals surface area contributed by atoms with E-state index in [-0.39, 0.29) is 11.8 Å². The molecule has 0 radical (unpaired) electrons. The van der Waals surface area contributed by atoms with Crippen molar-refractivity contribution in [2.24, 2.45) is 5.73 Å². The van der Waals surface area contributed by atoms with Crippen molar-refractivity contribution in [3.63, 3.8) is 0 Å². The third-order valence-electron chi connectivity index (χ3n) is 2.36. The summed E-state index contributed by atoms with van der Waals surface area (Å²) in [6, 6.07) is 0.148. The number of nitrogens with two attached hydrogens (primary N) is 1. The third-order valence-corrected chi connectivity index (χ3v) is 2.36. The third kappa shape index (κ3) is 3.25. The summed E-state index contributed by atoms with van der Waals surface area (Å²) in [6.45, 7) is 5.61. The minimum Gasteiger partial charge on any atom is -0.347 e. The second-order valence-electron chi connectivity index (χ2n) is 3.89. The molecule has 1 unspecified atom stereocenters. The van der Waals surface area contributed by atoms with Crippen LogP contribution in [0.3, 0.4) is 0 Å². The van der Waals surface area contributed by atoms with Crippen LogP contribution in [0.1, 0.15) is 39.5 Å². The van der Waals surface area contributed by atoms with Gasteiger partial charge >= 0.3 is 0 Å². The van der Waals surface area contributed by atoms with Crippen molar-refractivity contribution >= 4 is 0 Å². The van der Waals surface area contributed by atoms with Gasteiger partial charge in [-0.05, 0) is 13.3 Å². The first-order chi connectivity index (χ1) is 6.18. The highest BCUT2D eigenvalue weighted by molar-refractivity contribution is 4.77. The van der Waals surface area contributed by atoms with E-state index in [9.17, 15) is 0 Å². The van der Waals surface area contributed by atoms with Gasteiger partial charge in [-0.25, -0.2) is 0 Å². The van der Waals surface area contributed by atoms with Crippen LogP contribution in [0, 0.1) is 0 Å². The van der Waals surface area contributed by atoms with Gasteiger partial charge in [-0.2, -0.15) is 0 Å². The molecule has 1 aliphatic rings. The molecule has 2 N–H and O–H groups in total. The van der Waals surface area contributed by atoms with Gasteiger partial charge in [0.05, 0.1) is 13.2 Å². The first kappa shape index (κ1) is 11.0. The Morgan fingerprint density at radius 1 is 1.38 bits per heavy atom. The lowest BCUT2D eigenvalue weighted by atomic mass is 10.0. The van der Waals surface area contributed by atoms with Crippen LogP contribution < -0.4 is 5.73 Å². The van der Waals surface area contributed by atoms with Crippen molar-refractivity contribution in [3.05, 3.63) is 0 Å². The Morgan fingerprint density at radius 3 is 2.46 bits per heavy atom. The summed E-state index contributed by atoms with van der Waals surface area (Å²) in [4.78, 5) is 0. The molecule has 13 heavy (non-hydrogen) atoms. The summed E-state index contributed by atoms with van der Waals surface area (Å²) in [6.07, 6.45) is 4.11. The second-order valence-corrected chi connectivity index (χ2v) is 3.89. The van der Waals surface area contributed by atoms with Gasteiger partial charge in [0.2, 0.25) is 0 Å². The van der Waals surface area contributed by atoms with E-state index >= 15 is 0 Å². The first-order valence-corrected chi connectivity index (χ1v) is 5.22. The lowest BCUT2D eigenvalue weighted by molar-refractivity contribution is -0.169. The van der Waals surface area contributed by atoms with Gasteiger partial charge in [0.15, 0.2) is 5.79 Å². The zero-order valence-corrected chi connectivity index (χ0v) is 8.71. The van der Waals surface area contributed by atoms with Gasteiger partial charge in [0.1, 0.15) is 0 Å². The van der Waals surface area contributed by atoms with Crippen molar-refractivity contribution in [1.29, 1.82) is 0 Å². The topological polar surface area (TPSA) is 44.5 Å². The van der Waals surface area contributed by atoms with E-state index < -0.39 is 0 Å². The normalized spacial score (nSPS) is 23.3. The summed E-state index contributed by atoms with van der Waals surface area (Å²) in [5, 5.41) is 0. The van der Waals surface area contributed by atoms with Crippen LogP contribution >= 0.6 is 0 Å². The first-order valence-electron chi connectivity index (χ1n) is 5.22. The fraction of sp³-hybridized carbons (Fsp3) is 1.00. The standard InChI is InChI=1S/C10H21NO2/c1-3-4-5-10(8-9(2)11)12-6-7-13-10/h9H,3-8,11H2,1-2H3. The van der Waals surface area contributed by atoms with Crippen molar-refractivity contribution in [2.75, 3.05) is 13.2 Å². The van der Waals surface area contributed by atoms with Crippen LogP contribution in [0.5, 0.6) is 0 Å². The summed E-state index contributed by atoms with van der Waals surface area (Å²) in [7, 11) is 0. The highest BCUT2D eigenvalue weighted by Gasteiger charge is 2.36. The molecule has 0 amide bonds. The molecular formula is C10H21NO2. The maximum absolute atomic E-state index is 5.77. The molecule has 78 valence electrons. The van der Waals surface area contributed by atoms with Crippen molar-refractivity contribution in [1.82, 2.24) is 0 Å². The molecule has 3 nitrogen and oxygen atoms in total. The molecule has 3 heteroatoms. The Hall–Kier alpha value is -0.120. The van der Waals surface area contributed by atoms with Crippen molar-refractivity contribution in [3.8, 4) is 0 Å². The monoisotopic (exact) mass is 187 g/mol. The molecule has 0 spiro atoms. The molecule has 1 aliphatic heterocycles. The van der Waals surface area contributed by atoms with E-state index in [0.717, 1.165) is 32.5 Å². The molecule has 0 aromatic rings. The van der Waals surface area contributed by atoms with E-state index in [1.54, 1.807) is 0 Å². The smallest absolute Gasteiger partial charge is 0.169 e. The maximum atomic E-state index is 5.77. The molecule has 0 aromatic heterocycles. The summed E-state index contributed by atoms with van der Waals surface area (Å²) >= 11 is 0. The number of ether oxygens (including phenoxy) is 2. The Labute approximate surface area is 80.6 Å². The summed E-state index contributed by atoms with van der Waals surface area (Å²) in [5.74, 6) is -0.357. The van der Waals surface area contributed by atoms with E-state index in [2.05, 4.69) is 6.92 Å². The molecule has 0 aromatic carbocycles. The molecule has 1 heterocycles. The quantitative estimate of drug-likeness (QED) is 0.712. The molecular weight excluding hydrogens is 166 g/mol. The average molecular weight is 187 g/mol. The van der Waals surface area contributed by atoms with Crippen LogP contribution in [0.2, 0.25) is 0 Å². The fourth-order valence-electron chi connectivity index (χ4n) is 1.80. The Bertz CT molecular complexity index is 142. The van der Waals surface area contributed by atoms with E-state index in [1.165, 1.54) is 6.42 Å². The average Bonchev–Trinajstić information content (AvgIpc) is 2.49. The minimum atomic E-state index is -0.357. The van der Waals surface area contributed by atoms with Crippen LogP contribution in [0.25, 0.3) is 0 Å². The van der Waals surface area contributed by atoms with Gasteiger partial charge in [-0.1, -0.05) is 13.3 Å². The van der Waals surface area contributed by atoms with Crippen LogP contribution in [0.4, 0.5) is 0 Å².